The Morgan fingerprint density at radius 2 is 1.72 bits per heavy atom. The number of ether oxygens (including phenoxy) is 1. The number of nitrogens with one attached hydrogen (secondary N) is 1. The van der Waals surface area contributed by atoms with E-state index in [1.165, 1.54) is 5.56 Å². The molecule has 0 bridgehead atoms. The van der Waals surface area contributed by atoms with Crippen LogP contribution < -0.4 is 15.8 Å². The number of carbonyl (C=O) groups is 1. The molecule has 0 heterocycles. The first-order valence-electron chi connectivity index (χ1n) is 8.37. The number of nitrogens with two attached hydrogens (primary N) is 1. The Morgan fingerprint density at radius 1 is 1.08 bits per heavy atom. The van der Waals surface area contributed by atoms with Crippen LogP contribution in [0.5, 0.6) is 5.75 Å². The van der Waals surface area contributed by atoms with Crippen molar-refractivity contribution < 1.29 is 9.53 Å². The third kappa shape index (κ3) is 6.77. The van der Waals surface area contributed by atoms with E-state index in [1.807, 2.05) is 48.5 Å². The summed E-state index contributed by atoms with van der Waals surface area (Å²) in [6.45, 7) is 5.13. The van der Waals surface area contributed by atoms with Gasteiger partial charge in [0.25, 0.3) is 0 Å². The molecule has 0 fully saturated rings. The molecule has 0 aliphatic rings. The Hall–Kier alpha value is -2.04. The zero-order chi connectivity index (χ0) is 17.4. The van der Waals surface area contributed by atoms with E-state index >= 15 is 0 Å². The molecule has 1 atom stereocenters. The molecule has 3 N–H and O–H groups in total. The summed E-state index contributed by atoms with van der Waals surface area (Å²) in [4.78, 5) is 12.0. The lowest BCUT2D eigenvalue weighted by molar-refractivity contribution is -0.122. The van der Waals surface area contributed by atoms with E-state index in [0.717, 1.165) is 11.3 Å². The van der Waals surface area contributed by atoms with Gasteiger partial charge in [-0.25, -0.2) is 0 Å². The largest absolute Gasteiger partial charge is 0.491 e. The Kier molecular flexibility index (Phi) is 9.03. The Balaban J connectivity index is 0.00000312. The van der Waals surface area contributed by atoms with Crippen LogP contribution in [0.15, 0.2) is 54.6 Å². The fraction of sp³-hybridized carbons (Fsp3) is 0.350. The van der Waals surface area contributed by atoms with Crippen molar-refractivity contribution in [2.24, 2.45) is 5.73 Å². The topological polar surface area (TPSA) is 64.3 Å². The lowest BCUT2D eigenvalue weighted by Crippen LogP contribution is -2.43. The van der Waals surface area contributed by atoms with E-state index < -0.39 is 6.04 Å². The number of amides is 1. The van der Waals surface area contributed by atoms with Gasteiger partial charge in [-0.3, -0.25) is 4.79 Å². The molecule has 1 amide bonds. The van der Waals surface area contributed by atoms with E-state index in [4.69, 9.17) is 10.5 Å². The highest BCUT2D eigenvalue weighted by Gasteiger charge is 2.13. The zero-order valence-corrected chi connectivity index (χ0v) is 15.6. The van der Waals surface area contributed by atoms with Crippen LogP contribution >= 0.6 is 12.4 Å². The van der Waals surface area contributed by atoms with E-state index in [1.54, 1.807) is 0 Å². The summed E-state index contributed by atoms with van der Waals surface area (Å²) in [5, 5.41) is 2.83. The van der Waals surface area contributed by atoms with E-state index in [2.05, 4.69) is 25.2 Å². The highest BCUT2D eigenvalue weighted by molar-refractivity contribution is 5.85. The molecule has 2 aromatic carbocycles. The first kappa shape index (κ1) is 21.0. The van der Waals surface area contributed by atoms with E-state index in [-0.39, 0.29) is 18.3 Å². The molecule has 0 aliphatic heterocycles. The second-order valence-electron chi connectivity index (χ2n) is 6.13. The Bertz CT molecular complexity index is 647. The maximum atomic E-state index is 12.0. The molecule has 2 aromatic rings. The number of para-hydroxylation sites is 1. The van der Waals surface area contributed by atoms with Crippen molar-refractivity contribution in [1.29, 1.82) is 0 Å². The van der Waals surface area contributed by atoms with Gasteiger partial charge < -0.3 is 15.8 Å². The monoisotopic (exact) mass is 362 g/mol. The predicted octanol–water partition coefficient (Wildman–Crippen LogP) is 3.30. The van der Waals surface area contributed by atoms with Crippen LogP contribution in [0.25, 0.3) is 0 Å². The molecule has 2 rings (SSSR count). The predicted molar refractivity (Wildman–Crippen MR) is 104 cm³/mol. The van der Waals surface area contributed by atoms with Crippen LogP contribution in [-0.4, -0.2) is 25.1 Å². The van der Waals surface area contributed by atoms with Crippen LogP contribution in [-0.2, 0) is 11.2 Å². The molecule has 0 radical (unpaired) electrons. The first-order valence-corrected chi connectivity index (χ1v) is 8.37. The first-order chi connectivity index (χ1) is 11.6. The van der Waals surface area contributed by atoms with Gasteiger partial charge in [-0.05, 0) is 29.5 Å². The van der Waals surface area contributed by atoms with Crippen LogP contribution in [0.3, 0.4) is 0 Å². The molecular formula is C20H27ClN2O2. The van der Waals surface area contributed by atoms with Gasteiger partial charge >= 0.3 is 0 Å². The number of hydrogen-bond donors (Lipinski definition) is 2. The standard InChI is InChI=1S/C20H26N2O2.ClH/c1-15(2)17-10-6-7-11-19(17)24-13-12-22-20(23)18(21)14-16-8-4-3-5-9-16;/h3-11,15,18H,12-14,21H2,1-2H3,(H,22,23);1H/t18-;/m0./s1. The van der Waals surface area contributed by atoms with Gasteiger partial charge in [0.2, 0.25) is 5.91 Å². The number of halogens is 1. The van der Waals surface area contributed by atoms with Crippen molar-refractivity contribution in [2.75, 3.05) is 13.2 Å². The number of rotatable bonds is 8. The Labute approximate surface area is 156 Å². The number of carbonyl (C=O) groups excluding carboxylic acids is 1. The lowest BCUT2D eigenvalue weighted by Gasteiger charge is -2.15. The zero-order valence-electron chi connectivity index (χ0n) is 14.8. The van der Waals surface area contributed by atoms with Gasteiger partial charge in [0.05, 0.1) is 12.6 Å². The number of benzene rings is 2. The van der Waals surface area contributed by atoms with E-state index in [9.17, 15) is 4.79 Å². The van der Waals surface area contributed by atoms with Gasteiger partial charge in [-0.2, -0.15) is 0 Å². The fourth-order valence-electron chi connectivity index (χ4n) is 2.52. The molecule has 4 nitrogen and oxygen atoms in total. The van der Waals surface area contributed by atoms with Crippen LogP contribution in [0.1, 0.15) is 30.9 Å². The maximum absolute atomic E-state index is 12.0. The van der Waals surface area contributed by atoms with Crippen molar-refractivity contribution in [3.63, 3.8) is 0 Å². The maximum Gasteiger partial charge on any atom is 0.237 e. The molecule has 136 valence electrons. The molecule has 0 aliphatic carbocycles. The van der Waals surface area contributed by atoms with Gasteiger partial charge in [0, 0.05) is 0 Å². The second-order valence-corrected chi connectivity index (χ2v) is 6.13. The highest BCUT2D eigenvalue weighted by Crippen LogP contribution is 2.25. The van der Waals surface area contributed by atoms with Crippen molar-refractivity contribution in [1.82, 2.24) is 5.32 Å². The van der Waals surface area contributed by atoms with Crippen molar-refractivity contribution in [3.8, 4) is 5.75 Å². The van der Waals surface area contributed by atoms with Gasteiger partial charge in [-0.15, -0.1) is 12.4 Å². The SMILES string of the molecule is CC(C)c1ccccc1OCCNC(=O)[C@@H](N)Cc1ccccc1.Cl. The molecule has 0 saturated carbocycles. The quantitative estimate of drug-likeness (QED) is 0.708. The van der Waals surface area contributed by atoms with Gasteiger partial charge in [0.15, 0.2) is 0 Å². The minimum Gasteiger partial charge on any atom is -0.491 e. The molecule has 5 heteroatoms. The molecule has 25 heavy (non-hydrogen) atoms. The van der Waals surface area contributed by atoms with Crippen molar-refractivity contribution >= 4 is 18.3 Å². The summed E-state index contributed by atoms with van der Waals surface area (Å²) in [6, 6.07) is 17.2. The minimum absolute atomic E-state index is 0. The minimum atomic E-state index is -0.546. The highest BCUT2D eigenvalue weighted by atomic mass is 35.5. The van der Waals surface area contributed by atoms with Crippen LogP contribution in [0.4, 0.5) is 0 Å². The normalized spacial score (nSPS) is 11.5. The summed E-state index contributed by atoms with van der Waals surface area (Å²) < 4.78 is 5.79. The summed E-state index contributed by atoms with van der Waals surface area (Å²) in [5.41, 5.74) is 8.18. The van der Waals surface area contributed by atoms with Gasteiger partial charge in [0.1, 0.15) is 12.4 Å². The molecule has 0 unspecified atom stereocenters. The lowest BCUT2D eigenvalue weighted by atomic mass is 10.0. The molecule has 0 spiro atoms. The third-order valence-corrected chi connectivity index (χ3v) is 3.84. The summed E-state index contributed by atoms with van der Waals surface area (Å²) in [6.07, 6.45) is 0.531. The van der Waals surface area contributed by atoms with Crippen molar-refractivity contribution in [2.45, 2.75) is 32.2 Å². The molecular weight excluding hydrogens is 336 g/mol. The van der Waals surface area contributed by atoms with E-state index in [0.29, 0.717) is 25.5 Å². The second kappa shape index (κ2) is 10.7. The average Bonchev–Trinajstić information content (AvgIpc) is 2.59. The molecule has 0 saturated heterocycles. The van der Waals surface area contributed by atoms with Crippen molar-refractivity contribution in [3.05, 3.63) is 65.7 Å². The summed E-state index contributed by atoms with van der Waals surface area (Å²) in [5.74, 6) is 1.12. The fourth-order valence-corrected chi connectivity index (χ4v) is 2.52. The average molecular weight is 363 g/mol. The Morgan fingerprint density at radius 3 is 2.40 bits per heavy atom. The smallest absolute Gasteiger partial charge is 0.237 e. The number of hydrogen-bond acceptors (Lipinski definition) is 3. The molecule has 0 aromatic heterocycles. The van der Waals surface area contributed by atoms with Crippen LogP contribution in [0, 0.1) is 0 Å². The third-order valence-electron chi connectivity index (χ3n) is 3.84. The van der Waals surface area contributed by atoms with Gasteiger partial charge in [-0.1, -0.05) is 62.4 Å². The summed E-state index contributed by atoms with van der Waals surface area (Å²) >= 11 is 0. The van der Waals surface area contributed by atoms with Crippen LogP contribution in [0.2, 0.25) is 0 Å². The summed E-state index contributed by atoms with van der Waals surface area (Å²) in [7, 11) is 0.